The molecule has 0 radical (unpaired) electrons. The van der Waals surface area contributed by atoms with Crippen molar-refractivity contribution in [3.63, 3.8) is 0 Å². The van der Waals surface area contributed by atoms with E-state index in [1.165, 1.54) is 5.56 Å². The van der Waals surface area contributed by atoms with Crippen LogP contribution in [0.1, 0.15) is 53.5 Å². The van der Waals surface area contributed by atoms with E-state index in [0.29, 0.717) is 43.4 Å². The maximum atomic E-state index is 13.4. The second-order valence-corrected chi connectivity index (χ2v) is 11.5. The van der Waals surface area contributed by atoms with Gasteiger partial charge in [0.05, 0.1) is 4.90 Å². The van der Waals surface area contributed by atoms with Crippen molar-refractivity contribution in [1.82, 2.24) is 9.21 Å². The van der Waals surface area contributed by atoms with Crippen LogP contribution in [0.3, 0.4) is 0 Å². The van der Waals surface area contributed by atoms with Gasteiger partial charge in [-0.15, -0.1) is 0 Å². The monoisotopic (exact) mass is 454 g/mol. The number of carbonyl (C=O) groups excluding carboxylic acids is 1. The molecule has 1 saturated carbocycles. The van der Waals surface area contributed by atoms with Crippen LogP contribution in [0.5, 0.6) is 0 Å². The number of piperidine rings is 1. The largest absolute Gasteiger partial charge is 0.335 e. The Morgan fingerprint density at radius 1 is 0.906 bits per heavy atom. The molecule has 0 atom stereocenters. The molecule has 0 spiro atoms. The van der Waals surface area contributed by atoms with E-state index >= 15 is 0 Å². The molecule has 172 valence electrons. The zero-order valence-corrected chi connectivity index (χ0v) is 20.4. The summed E-state index contributed by atoms with van der Waals surface area (Å²) in [7, 11) is -3.56. The van der Waals surface area contributed by atoms with Crippen molar-refractivity contribution in [2.75, 3.05) is 13.1 Å². The van der Waals surface area contributed by atoms with E-state index in [-0.39, 0.29) is 11.8 Å². The molecule has 0 bridgehead atoms. The van der Waals surface area contributed by atoms with Crippen molar-refractivity contribution in [2.24, 2.45) is 5.92 Å². The third-order valence-electron chi connectivity index (χ3n) is 6.75. The molecule has 1 aliphatic carbocycles. The summed E-state index contributed by atoms with van der Waals surface area (Å²) in [5.41, 5.74) is 5.02. The van der Waals surface area contributed by atoms with Crippen LogP contribution in [0, 0.1) is 33.6 Å². The number of hydrogen-bond acceptors (Lipinski definition) is 3. The summed E-state index contributed by atoms with van der Waals surface area (Å²) in [6.45, 7) is 9.21. The normalized spacial score (nSPS) is 18.0. The molecule has 0 unspecified atom stereocenters. The Kier molecular flexibility index (Phi) is 6.46. The fraction of sp³-hybridized carbons (Fsp3) is 0.500. The number of nitrogens with zero attached hydrogens (tertiary/aromatic N) is 2. The predicted octanol–water partition coefficient (Wildman–Crippen LogP) is 4.51. The molecule has 0 N–H and O–H groups in total. The summed E-state index contributed by atoms with van der Waals surface area (Å²) >= 11 is 0. The molecule has 2 aromatic carbocycles. The van der Waals surface area contributed by atoms with Gasteiger partial charge < -0.3 is 4.90 Å². The highest BCUT2D eigenvalue weighted by Crippen LogP contribution is 2.33. The topological polar surface area (TPSA) is 57.7 Å². The number of hydrogen-bond donors (Lipinski definition) is 0. The summed E-state index contributed by atoms with van der Waals surface area (Å²) in [4.78, 5) is 15.8. The van der Waals surface area contributed by atoms with Crippen molar-refractivity contribution in [2.45, 2.75) is 70.9 Å². The second kappa shape index (κ2) is 8.99. The lowest BCUT2D eigenvalue weighted by molar-refractivity contribution is -0.138. The molecule has 0 aromatic heterocycles. The first-order valence-electron chi connectivity index (χ1n) is 11.6. The minimum atomic E-state index is -3.56. The maximum Gasteiger partial charge on any atom is 0.243 e. The minimum Gasteiger partial charge on any atom is -0.335 e. The Morgan fingerprint density at radius 2 is 1.47 bits per heavy atom. The average molecular weight is 455 g/mol. The van der Waals surface area contributed by atoms with Crippen LogP contribution in [0.2, 0.25) is 0 Å². The molecular formula is C26H34N2O3S. The molecule has 2 aliphatic rings. The molecule has 6 heteroatoms. The number of sulfonamides is 1. The third kappa shape index (κ3) is 4.76. The van der Waals surface area contributed by atoms with Gasteiger partial charge in [-0.25, -0.2) is 8.42 Å². The Labute approximate surface area is 192 Å². The fourth-order valence-corrected chi connectivity index (χ4v) is 6.83. The standard InChI is InChI=1S/C26H34N2O3S/c1-18-5-7-22(8-6-18)17-28(24-9-10-24)26(29)23-11-13-27(14-12-23)32(30,31)25-20(3)15-19(2)16-21(25)4/h5-8,15-16,23-24H,9-14,17H2,1-4H3. The Bertz CT molecular complexity index is 1070. The van der Waals surface area contributed by atoms with Gasteiger partial charge in [-0.3, -0.25) is 4.79 Å². The van der Waals surface area contributed by atoms with Crippen molar-refractivity contribution in [3.8, 4) is 0 Å². The molecule has 2 aromatic rings. The van der Waals surface area contributed by atoms with Gasteiger partial charge in [-0.05, 0) is 70.1 Å². The van der Waals surface area contributed by atoms with E-state index in [1.807, 2.05) is 37.8 Å². The van der Waals surface area contributed by atoms with E-state index in [2.05, 4.69) is 31.2 Å². The second-order valence-electron chi connectivity index (χ2n) is 9.59. The lowest BCUT2D eigenvalue weighted by Gasteiger charge is -2.34. The predicted molar refractivity (Wildman–Crippen MR) is 127 cm³/mol. The van der Waals surface area contributed by atoms with Crippen LogP contribution < -0.4 is 0 Å². The molecule has 1 saturated heterocycles. The zero-order valence-electron chi connectivity index (χ0n) is 19.6. The zero-order chi connectivity index (χ0) is 23.0. The SMILES string of the molecule is Cc1ccc(CN(C(=O)C2CCN(S(=O)(=O)c3c(C)cc(C)cc3C)CC2)C2CC2)cc1. The Balaban J connectivity index is 1.44. The third-order valence-corrected chi connectivity index (χ3v) is 8.95. The number of amides is 1. The first-order chi connectivity index (χ1) is 15.2. The lowest BCUT2D eigenvalue weighted by atomic mass is 9.96. The van der Waals surface area contributed by atoms with Gasteiger partial charge in [0.25, 0.3) is 0 Å². The average Bonchev–Trinajstić information content (AvgIpc) is 3.57. The van der Waals surface area contributed by atoms with Crippen LogP contribution in [-0.2, 0) is 21.4 Å². The van der Waals surface area contributed by atoms with E-state index < -0.39 is 10.0 Å². The molecule has 1 amide bonds. The number of benzene rings is 2. The van der Waals surface area contributed by atoms with E-state index in [0.717, 1.165) is 35.1 Å². The van der Waals surface area contributed by atoms with Crippen LogP contribution in [-0.4, -0.2) is 42.7 Å². The molecule has 4 rings (SSSR count). The van der Waals surface area contributed by atoms with Crippen molar-refractivity contribution in [1.29, 1.82) is 0 Å². The summed E-state index contributed by atoms with van der Waals surface area (Å²) in [5, 5.41) is 0. The van der Waals surface area contributed by atoms with Crippen LogP contribution in [0.25, 0.3) is 0 Å². The van der Waals surface area contributed by atoms with E-state index in [1.54, 1.807) is 4.31 Å². The van der Waals surface area contributed by atoms with Crippen molar-refractivity contribution < 1.29 is 13.2 Å². The van der Waals surface area contributed by atoms with Crippen molar-refractivity contribution in [3.05, 3.63) is 64.2 Å². The van der Waals surface area contributed by atoms with Gasteiger partial charge in [-0.1, -0.05) is 47.5 Å². The van der Waals surface area contributed by atoms with Crippen LogP contribution >= 0.6 is 0 Å². The summed E-state index contributed by atoms with van der Waals surface area (Å²) in [6.07, 6.45) is 3.30. The molecule has 1 heterocycles. The number of carbonyl (C=O) groups is 1. The van der Waals surface area contributed by atoms with Crippen LogP contribution in [0.15, 0.2) is 41.3 Å². The molecule has 1 aliphatic heterocycles. The molecular weight excluding hydrogens is 420 g/mol. The summed E-state index contributed by atoms with van der Waals surface area (Å²) in [5.74, 6) is 0.0838. The van der Waals surface area contributed by atoms with Gasteiger partial charge in [-0.2, -0.15) is 4.31 Å². The summed E-state index contributed by atoms with van der Waals surface area (Å²) in [6, 6.07) is 12.6. The first kappa shape index (κ1) is 23.0. The molecule has 2 fully saturated rings. The van der Waals surface area contributed by atoms with Gasteiger partial charge in [0.15, 0.2) is 0 Å². The van der Waals surface area contributed by atoms with E-state index in [4.69, 9.17) is 0 Å². The minimum absolute atomic E-state index is 0.104. The Hall–Kier alpha value is -2.18. The highest BCUT2D eigenvalue weighted by molar-refractivity contribution is 7.89. The Morgan fingerprint density at radius 3 is 2.00 bits per heavy atom. The first-order valence-corrected chi connectivity index (χ1v) is 13.0. The quantitative estimate of drug-likeness (QED) is 0.645. The van der Waals surface area contributed by atoms with Gasteiger partial charge >= 0.3 is 0 Å². The van der Waals surface area contributed by atoms with Gasteiger partial charge in [0, 0.05) is 31.6 Å². The van der Waals surface area contributed by atoms with Crippen molar-refractivity contribution >= 4 is 15.9 Å². The summed E-state index contributed by atoms with van der Waals surface area (Å²) < 4.78 is 28.3. The highest BCUT2D eigenvalue weighted by Gasteiger charge is 2.39. The smallest absolute Gasteiger partial charge is 0.243 e. The van der Waals surface area contributed by atoms with Gasteiger partial charge in [0.2, 0.25) is 15.9 Å². The highest BCUT2D eigenvalue weighted by atomic mass is 32.2. The van der Waals surface area contributed by atoms with Gasteiger partial charge in [0.1, 0.15) is 0 Å². The molecule has 32 heavy (non-hydrogen) atoms. The maximum absolute atomic E-state index is 13.4. The van der Waals surface area contributed by atoms with Crippen LogP contribution in [0.4, 0.5) is 0 Å². The number of rotatable bonds is 6. The van der Waals surface area contributed by atoms with E-state index in [9.17, 15) is 13.2 Å². The fourth-order valence-electron chi connectivity index (χ4n) is 4.94. The number of aryl methyl sites for hydroxylation is 4. The molecule has 5 nitrogen and oxygen atoms in total. The lowest BCUT2D eigenvalue weighted by Crippen LogP contribution is -2.45.